The minimum absolute atomic E-state index is 0.00707. The standard InChI is InChI=1S/C18H22O5S2/c1-11-9-16(24(6,19)20)15(5)17(10-11)25(21,22)23-18-13(3)8-7-12(2)14(18)4/h7-10H,1-6H3. The summed E-state index contributed by atoms with van der Waals surface area (Å²) in [6.45, 7) is 8.55. The molecule has 0 aliphatic rings. The molecule has 0 saturated heterocycles. The molecular weight excluding hydrogens is 360 g/mol. The van der Waals surface area contributed by atoms with Gasteiger partial charge in [0.15, 0.2) is 9.84 Å². The molecule has 0 N–H and O–H groups in total. The molecule has 0 aliphatic heterocycles. The monoisotopic (exact) mass is 382 g/mol. The Morgan fingerprint density at radius 1 is 0.760 bits per heavy atom. The lowest BCUT2D eigenvalue weighted by atomic mass is 10.1. The molecule has 136 valence electrons. The van der Waals surface area contributed by atoms with Crippen LogP contribution >= 0.6 is 0 Å². The van der Waals surface area contributed by atoms with Gasteiger partial charge in [-0.05, 0) is 74.6 Å². The van der Waals surface area contributed by atoms with E-state index in [0.717, 1.165) is 17.4 Å². The van der Waals surface area contributed by atoms with Crippen molar-refractivity contribution < 1.29 is 21.0 Å². The molecular formula is C18H22O5S2. The van der Waals surface area contributed by atoms with E-state index in [1.807, 2.05) is 13.0 Å². The van der Waals surface area contributed by atoms with Crippen molar-refractivity contribution in [3.8, 4) is 5.75 Å². The summed E-state index contributed by atoms with van der Waals surface area (Å²) in [6, 6.07) is 6.58. The maximum Gasteiger partial charge on any atom is 0.339 e. The van der Waals surface area contributed by atoms with Gasteiger partial charge in [-0.15, -0.1) is 0 Å². The van der Waals surface area contributed by atoms with Crippen molar-refractivity contribution in [3.63, 3.8) is 0 Å². The van der Waals surface area contributed by atoms with E-state index in [-0.39, 0.29) is 21.1 Å². The highest BCUT2D eigenvalue weighted by molar-refractivity contribution is 7.91. The molecule has 2 aromatic rings. The molecule has 0 amide bonds. The zero-order valence-electron chi connectivity index (χ0n) is 15.2. The van der Waals surface area contributed by atoms with E-state index in [0.29, 0.717) is 11.1 Å². The second-order valence-electron chi connectivity index (χ2n) is 6.35. The van der Waals surface area contributed by atoms with Crippen LogP contribution in [0.15, 0.2) is 34.1 Å². The lowest BCUT2D eigenvalue weighted by Gasteiger charge is -2.16. The van der Waals surface area contributed by atoms with Gasteiger partial charge < -0.3 is 4.18 Å². The Hall–Kier alpha value is -1.86. The first-order valence-corrected chi connectivity index (χ1v) is 11.0. The quantitative estimate of drug-likeness (QED) is 0.758. The molecule has 0 aliphatic carbocycles. The van der Waals surface area contributed by atoms with E-state index in [4.69, 9.17) is 4.18 Å². The predicted molar refractivity (Wildman–Crippen MR) is 97.5 cm³/mol. The minimum atomic E-state index is -4.18. The van der Waals surface area contributed by atoms with E-state index in [1.54, 1.807) is 26.8 Å². The summed E-state index contributed by atoms with van der Waals surface area (Å²) in [6.07, 6.45) is 1.06. The highest BCUT2D eigenvalue weighted by atomic mass is 32.2. The van der Waals surface area contributed by atoms with Crippen LogP contribution in [0.3, 0.4) is 0 Å². The van der Waals surface area contributed by atoms with Gasteiger partial charge in [0, 0.05) is 6.26 Å². The topological polar surface area (TPSA) is 77.5 Å². The van der Waals surface area contributed by atoms with Crippen LogP contribution in [0.2, 0.25) is 0 Å². The van der Waals surface area contributed by atoms with E-state index in [9.17, 15) is 16.8 Å². The summed E-state index contributed by atoms with van der Waals surface area (Å²) in [5.41, 5.74) is 3.04. The molecule has 0 atom stereocenters. The first-order chi connectivity index (χ1) is 11.3. The van der Waals surface area contributed by atoms with Gasteiger partial charge in [-0.1, -0.05) is 12.1 Å². The minimum Gasteiger partial charge on any atom is -0.378 e. The third kappa shape index (κ3) is 3.88. The Labute approximate surface area is 149 Å². The average Bonchev–Trinajstić information content (AvgIpc) is 2.48. The van der Waals surface area contributed by atoms with Crippen LogP contribution in [0.4, 0.5) is 0 Å². The van der Waals surface area contributed by atoms with E-state index >= 15 is 0 Å². The molecule has 2 aromatic carbocycles. The second kappa shape index (κ2) is 6.46. The van der Waals surface area contributed by atoms with E-state index in [1.165, 1.54) is 19.1 Å². The summed E-state index contributed by atoms with van der Waals surface area (Å²) in [5.74, 6) is 0.279. The lowest BCUT2D eigenvalue weighted by Crippen LogP contribution is -2.15. The summed E-state index contributed by atoms with van der Waals surface area (Å²) >= 11 is 0. The number of hydrogen-bond donors (Lipinski definition) is 0. The summed E-state index contributed by atoms with van der Waals surface area (Å²) in [7, 11) is -7.73. The van der Waals surface area contributed by atoms with Crippen LogP contribution in [-0.2, 0) is 20.0 Å². The molecule has 5 nitrogen and oxygen atoms in total. The fourth-order valence-electron chi connectivity index (χ4n) is 2.65. The molecule has 0 spiro atoms. The first-order valence-electron chi connectivity index (χ1n) is 7.67. The van der Waals surface area contributed by atoms with Gasteiger partial charge in [0.25, 0.3) is 0 Å². The zero-order valence-corrected chi connectivity index (χ0v) is 16.8. The first kappa shape index (κ1) is 19.5. The summed E-state index contributed by atoms with van der Waals surface area (Å²) in [4.78, 5) is -0.138. The molecule has 0 unspecified atom stereocenters. The van der Waals surface area contributed by atoms with Crippen molar-refractivity contribution in [2.24, 2.45) is 0 Å². The van der Waals surface area contributed by atoms with E-state index < -0.39 is 20.0 Å². The average molecular weight is 383 g/mol. The summed E-state index contributed by atoms with van der Waals surface area (Å²) < 4.78 is 55.0. The number of hydrogen-bond acceptors (Lipinski definition) is 5. The molecule has 7 heteroatoms. The fourth-order valence-corrected chi connectivity index (χ4v) is 5.16. The van der Waals surface area contributed by atoms with Gasteiger partial charge in [-0.2, -0.15) is 8.42 Å². The van der Waals surface area contributed by atoms with Crippen LogP contribution in [0, 0.1) is 34.6 Å². The zero-order chi connectivity index (χ0) is 19.2. The second-order valence-corrected chi connectivity index (χ2v) is 9.85. The third-order valence-electron chi connectivity index (χ3n) is 4.19. The van der Waals surface area contributed by atoms with Gasteiger partial charge in [-0.3, -0.25) is 0 Å². The summed E-state index contributed by atoms with van der Waals surface area (Å²) in [5, 5.41) is 0. The third-order valence-corrected chi connectivity index (χ3v) is 6.76. The number of benzene rings is 2. The van der Waals surface area contributed by atoms with Crippen molar-refractivity contribution in [2.75, 3.05) is 6.26 Å². The van der Waals surface area contributed by atoms with Crippen LogP contribution in [0.5, 0.6) is 5.75 Å². The highest BCUT2D eigenvalue weighted by Crippen LogP contribution is 2.31. The van der Waals surface area contributed by atoms with Crippen molar-refractivity contribution >= 4 is 20.0 Å². The fraction of sp³-hybridized carbons (Fsp3) is 0.333. The Kier molecular flexibility index (Phi) is 5.03. The highest BCUT2D eigenvalue weighted by Gasteiger charge is 2.26. The molecule has 0 radical (unpaired) electrons. The molecule has 0 saturated carbocycles. The Bertz CT molecular complexity index is 1050. The predicted octanol–water partition coefficient (Wildman–Crippen LogP) is 3.40. The maximum absolute atomic E-state index is 12.9. The van der Waals surface area contributed by atoms with Crippen molar-refractivity contribution in [3.05, 3.63) is 52.1 Å². The van der Waals surface area contributed by atoms with Crippen LogP contribution in [0.1, 0.15) is 27.8 Å². The molecule has 0 heterocycles. The molecule has 2 rings (SSSR count). The largest absolute Gasteiger partial charge is 0.378 e. The van der Waals surface area contributed by atoms with Crippen LogP contribution in [0.25, 0.3) is 0 Å². The van der Waals surface area contributed by atoms with Gasteiger partial charge in [-0.25, -0.2) is 8.42 Å². The van der Waals surface area contributed by atoms with Crippen LogP contribution < -0.4 is 4.18 Å². The maximum atomic E-state index is 12.9. The van der Waals surface area contributed by atoms with Crippen LogP contribution in [-0.4, -0.2) is 23.1 Å². The van der Waals surface area contributed by atoms with Gasteiger partial charge >= 0.3 is 10.1 Å². The van der Waals surface area contributed by atoms with Gasteiger partial charge in [0.2, 0.25) is 0 Å². The molecule has 25 heavy (non-hydrogen) atoms. The smallest absolute Gasteiger partial charge is 0.339 e. The molecule has 0 bridgehead atoms. The number of rotatable bonds is 4. The lowest BCUT2D eigenvalue weighted by molar-refractivity contribution is 0.481. The Balaban J connectivity index is 2.67. The van der Waals surface area contributed by atoms with Gasteiger partial charge in [0.1, 0.15) is 10.6 Å². The Morgan fingerprint density at radius 2 is 1.28 bits per heavy atom. The number of sulfone groups is 1. The van der Waals surface area contributed by atoms with Crippen molar-refractivity contribution in [2.45, 2.75) is 44.4 Å². The molecule has 0 fully saturated rings. The normalized spacial score (nSPS) is 12.2. The van der Waals surface area contributed by atoms with E-state index in [2.05, 4.69) is 0 Å². The van der Waals surface area contributed by atoms with Gasteiger partial charge in [0.05, 0.1) is 4.90 Å². The Morgan fingerprint density at radius 3 is 1.84 bits per heavy atom. The SMILES string of the molecule is Cc1cc(S(C)(=O)=O)c(C)c(S(=O)(=O)Oc2c(C)ccc(C)c2C)c1. The number of aryl methyl sites for hydroxylation is 3. The van der Waals surface area contributed by atoms with Crippen molar-refractivity contribution in [1.82, 2.24) is 0 Å². The van der Waals surface area contributed by atoms with Crippen molar-refractivity contribution in [1.29, 1.82) is 0 Å². The molecule has 0 aromatic heterocycles.